The molecule has 6 nitrogen and oxygen atoms in total. The number of carbonyl (C=O) groups excluding carboxylic acids is 2. The van der Waals surface area contributed by atoms with Crippen LogP contribution >= 0.6 is 58.7 Å². The van der Waals surface area contributed by atoms with Gasteiger partial charge >= 0.3 is 0 Å². The van der Waals surface area contributed by atoms with Crippen LogP contribution in [0.3, 0.4) is 0 Å². The first-order valence-electron chi connectivity index (χ1n) is 11.0. The second-order valence-electron chi connectivity index (χ2n) is 7.53. The van der Waals surface area contributed by atoms with Crippen LogP contribution in [0.15, 0.2) is 69.9 Å². The number of nitrogens with one attached hydrogen (secondary N) is 1. The fraction of sp³-hybridized carbons (Fsp3) is 0.160. The third-order valence-electron chi connectivity index (χ3n) is 4.89. The number of nitrogens with zero attached hydrogens (tertiary/aromatic N) is 3. The van der Waals surface area contributed by atoms with Gasteiger partial charge in [-0.15, -0.1) is 10.2 Å². The van der Waals surface area contributed by atoms with Crippen molar-refractivity contribution < 1.29 is 9.59 Å². The minimum Gasteiger partial charge on any atom is -0.301 e. The number of anilines is 1. The third kappa shape index (κ3) is 7.75. The van der Waals surface area contributed by atoms with Gasteiger partial charge in [0.2, 0.25) is 11.0 Å². The Hall–Kier alpha value is -2.50. The van der Waals surface area contributed by atoms with E-state index in [2.05, 4.69) is 27.7 Å². The zero-order valence-electron chi connectivity index (χ0n) is 18.9. The van der Waals surface area contributed by atoms with Crippen LogP contribution in [0.4, 0.5) is 5.13 Å². The van der Waals surface area contributed by atoms with Crippen LogP contribution in [0.1, 0.15) is 24.0 Å². The average Bonchev–Trinajstić information content (AvgIpc) is 3.42. The molecule has 1 saturated heterocycles. The highest BCUT2D eigenvalue weighted by Gasteiger charge is 2.31. The normalized spacial score (nSPS) is 14.8. The smallest absolute Gasteiger partial charge is 0.266 e. The van der Waals surface area contributed by atoms with Crippen molar-refractivity contribution in [3.05, 3.63) is 81.7 Å². The molecule has 0 aliphatic carbocycles. The van der Waals surface area contributed by atoms with E-state index in [1.807, 2.05) is 42.5 Å². The molecule has 0 saturated carbocycles. The van der Waals surface area contributed by atoms with Crippen LogP contribution in [0.5, 0.6) is 0 Å². The highest BCUT2D eigenvalue weighted by molar-refractivity contribution is 8.26. The third-order valence-corrected chi connectivity index (χ3v) is 8.45. The summed E-state index contributed by atoms with van der Waals surface area (Å²) in [5.74, 6) is 0.439. The van der Waals surface area contributed by atoms with E-state index in [1.54, 1.807) is 30.0 Å². The molecule has 1 aliphatic heterocycles. The van der Waals surface area contributed by atoms with E-state index in [0.29, 0.717) is 32.3 Å². The molecule has 0 radical (unpaired) electrons. The molecule has 2 heterocycles. The summed E-state index contributed by atoms with van der Waals surface area (Å²) < 4.78 is 1.28. The summed E-state index contributed by atoms with van der Waals surface area (Å²) in [7, 11) is 0. The van der Waals surface area contributed by atoms with Gasteiger partial charge in [-0.1, -0.05) is 113 Å². The predicted octanol–water partition coefficient (Wildman–Crippen LogP) is 6.62. The van der Waals surface area contributed by atoms with Gasteiger partial charge in [0.1, 0.15) is 4.32 Å². The van der Waals surface area contributed by atoms with Crippen molar-refractivity contribution in [2.45, 2.75) is 17.2 Å². The van der Waals surface area contributed by atoms with E-state index in [4.69, 9.17) is 23.8 Å². The summed E-state index contributed by atoms with van der Waals surface area (Å²) in [6, 6.07) is 17.3. The van der Waals surface area contributed by atoms with Gasteiger partial charge in [0, 0.05) is 23.7 Å². The van der Waals surface area contributed by atoms with Gasteiger partial charge in [0.05, 0.1) is 4.91 Å². The monoisotopic (exact) mass is 572 g/mol. The molecule has 0 bridgehead atoms. The topological polar surface area (TPSA) is 75.2 Å². The van der Waals surface area contributed by atoms with E-state index in [1.165, 1.54) is 28.0 Å². The summed E-state index contributed by atoms with van der Waals surface area (Å²) in [5, 5.41) is 12.1. The number of rotatable bonds is 10. The van der Waals surface area contributed by atoms with E-state index in [9.17, 15) is 9.59 Å². The Morgan fingerprint density at radius 2 is 1.89 bits per heavy atom. The molecule has 11 heteroatoms. The molecule has 184 valence electrons. The second-order valence-corrected chi connectivity index (χ2v) is 11.9. The van der Waals surface area contributed by atoms with Gasteiger partial charge < -0.3 is 5.32 Å². The van der Waals surface area contributed by atoms with Crippen LogP contribution < -0.4 is 5.32 Å². The molecule has 36 heavy (non-hydrogen) atoms. The van der Waals surface area contributed by atoms with E-state index >= 15 is 0 Å². The van der Waals surface area contributed by atoms with Crippen molar-refractivity contribution in [1.29, 1.82) is 0 Å². The number of aromatic nitrogens is 2. The summed E-state index contributed by atoms with van der Waals surface area (Å²) in [4.78, 5) is 27.2. The molecule has 3 aromatic rings. The first-order valence-corrected chi connectivity index (χ1v) is 14.4. The molecule has 0 atom stereocenters. The summed E-state index contributed by atoms with van der Waals surface area (Å²) >= 11 is 15.5. The standard InChI is InChI=1S/C25H21ClN4O2S4/c26-19-12-10-18(11-13-19)16-20-22(32)30(25(33)35-20)14-4-9-21(31)27-23-28-29-24(36-23)34-15-5-8-17-6-2-1-3-7-17/h1-3,5-8,10-13,16H,4,9,14-15H2,(H,27,28,31)/b8-5+,20-16+. The van der Waals surface area contributed by atoms with Gasteiger partial charge in [-0.05, 0) is 35.8 Å². The molecule has 0 spiro atoms. The quantitative estimate of drug-likeness (QED) is 0.127. The van der Waals surface area contributed by atoms with Gasteiger partial charge in [0.25, 0.3) is 5.91 Å². The van der Waals surface area contributed by atoms with Gasteiger partial charge in [0.15, 0.2) is 4.34 Å². The molecule has 0 unspecified atom stereocenters. The van der Waals surface area contributed by atoms with Gasteiger partial charge in [-0.2, -0.15) is 0 Å². The highest BCUT2D eigenvalue weighted by Crippen LogP contribution is 2.33. The Morgan fingerprint density at radius 3 is 2.67 bits per heavy atom. The number of halogens is 1. The zero-order chi connectivity index (χ0) is 25.3. The number of hydrogen-bond donors (Lipinski definition) is 1. The summed E-state index contributed by atoms with van der Waals surface area (Å²) in [5.41, 5.74) is 2.02. The lowest BCUT2D eigenvalue weighted by atomic mass is 10.2. The molecule has 2 aromatic carbocycles. The molecule has 2 amide bonds. The summed E-state index contributed by atoms with van der Waals surface area (Å²) in [6.45, 7) is 0.376. The molecular weight excluding hydrogens is 552 g/mol. The maximum Gasteiger partial charge on any atom is 0.266 e. The van der Waals surface area contributed by atoms with E-state index in [0.717, 1.165) is 21.2 Å². The highest BCUT2D eigenvalue weighted by atomic mass is 35.5. The molecule has 4 rings (SSSR count). The van der Waals surface area contributed by atoms with Crippen molar-refractivity contribution in [3.8, 4) is 0 Å². The van der Waals surface area contributed by atoms with E-state index in [-0.39, 0.29) is 18.2 Å². The number of carbonyl (C=O) groups is 2. The van der Waals surface area contributed by atoms with Gasteiger partial charge in [-0.25, -0.2) is 0 Å². The minimum absolute atomic E-state index is 0.146. The van der Waals surface area contributed by atoms with Crippen LogP contribution in [0, 0.1) is 0 Å². The second kappa shape index (κ2) is 13.2. The lowest BCUT2D eigenvalue weighted by molar-refractivity contribution is -0.122. The van der Waals surface area contributed by atoms with Crippen molar-refractivity contribution in [1.82, 2.24) is 15.1 Å². The Balaban J connectivity index is 1.19. The van der Waals surface area contributed by atoms with Crippen LogP contribution in [0.25, 0.3) is 12.2 Å². The van der Waals surface area contributed by atoms with E-state index < -0.39 is 0 Å². The Morgan fingerprint density at radius 1 is 1.11 bits per heavy atom. The zero-order valence-corrected chi connectivity index (χ0v) is 22.9. The molecule has 1 N–H and O–H groups in total. The van der Waals surface area contributed by atoms with Crippen LogP contribution in [-0.2, 0) is 9.59 Å². The number of amides is 2. The van der Waals surface area contributed by atoms with Crippen LogP contribution in [-0.4, -0.2) is 43.5 Å². The maximum absolute atomic E-state index is 12.7. The Labute approximate surface area is 232 Å². The number of thiocarbonyl (C=S) groups is 1. The van der Waals surface area contributed by atoms with Gasteiger partial charge in [-0.3, -0.25) is 14.5 Å². The largest absolute Gasteiger partial charge is 0.301 e. The fourth-order valence-corrected chi connectivity index (χ4v) is 6.21. The first-order chi connectivity index (χ1) is 17.5. The molecule has 1 fully saturated rings. The van der Waals surface area contributed by atoms with Crippen molar-refractivity contribution in [2.24, 2.45) is 0 Å². The summed E-state index contributed by atoms with van der Waals surface area (Å²) in [6.07, 6.45) is 6.65. The van der Waals surface area contributed by atoms with Crippen molar-refractivity contribution in [3.63, 3.8) is 0 Å². The first kappa shape index (κ1) is 26.6. The SMILES string of the molecule is O=C(CCCN1C(=O)/C(=C\c2ccc(Cl)cc2)SC1=S)Nc1nnc(SC/C=C/c2ccccc2)s1. The number of thioether (sulfide) groups is 2. The molecular formula is C25H21ClN4O2S4. The predicted molar refractivity (Wildman–Crippen MR) is 155 cm³/mol. The minimum atomic E-state index is -0.172. The average molecular weight is 573 g/mol. The maximum atomic E-state index is 12.7. The molecule has 1 aromatic heterocycles. The fourth-order valence-electron chi connectivity index (χ4n) is 3.17. The van der Waals surface area contributed by atoms with Crippen molar-refractivity contribution in [2.75, 3.05) is 17.6 Å². The Bertz CT molecular complexity index is 1290. The van der Waals surface area contributed by atoms with Crippen LogP contribution in [0.2, 0.25) is 5.02 Å². The number of benzene rings is 2. The lowest BCUT2D eigenvalue weighted by Crippen LogP contribution is -2.29. The number of hydrogen-bond acceptors (Lipinski definition) is 8. The Kier molecular flexibility index (Phi) is 9.71. The lowest BCUT2D eigenvalue weighted by Gasteiger charge is -2.13. The van der Waals surface area contributed by atoms with Crippen molar-refractivity contribution >= 4 is 92.1 Å². The molecule has 1 aliphatic rings.